The summed E-state index contributed by atoms with van der Waals surface area (Å²) in [5, 5.41) is 2.86. The zero-order valence-electron chi connectivity index (χ0n) is 14.3. The van der Waals surface area contributed by atoms with Gasteiger partial charge in [-0.3, -0.25) is 0 Å². The zero-order valence-corrected chi connectivity index (χ0v) is 15.1. The second-order valence-corrected chi connectivity index (χ2v) is 6.06. The third-order valence-corrected chi connectivity index (χ3v) is 4.31. The molecule has 1 N–H and O–H groups in total. The van der Waals surface area contributed by atoms with Gasteiger partial charge < -0.3 is 19.7 Å². The first-order valence-electron chi connectivity index (χ1n) is 7.44. The van der Waals surface area contributed by atoms with Gasteiger partial charge in [-0.1, -0.05) is 12.1 Å². The quantitative estimate of drug-likeness (QED) is 0.801. The van der Waals surface area contributed by atoms with E-state index in [1.54, 1.807) is 44.0 Å². The Morgan fingerprint density at radius 2 is 1.96 bits per heavy atom. The van der Waals surface area contributed by atoms with Crippen LogP contribution >= 0.6 is 11.8 Å². The second kappa shape index (κ2) is 8.49. The molecule has 128 valence electrons. The van der Waals surface area contributed by atoms with Crippen LogP contribution in [0.3, 0.4) is 0 Å². The van der Waals surface area contributed by atoms with Crippen molar-refractivity contribution in [1.29, 1.82) is 0 Å². The summed E-state index contributed by atoms with van der Waals surface area (Å²) in [7, 11) is 5.00. The van der Waals surface area contributed by atoms with Crippen LogP contribution in [0.1, 0.15) is 5.56 Å². The van der Waals surface area contributed by atoms with Crippen LogP contribution in [0.15, 0.2) is 47.4 Å². The van der Waals surface area contributed by atoms with Gasteiger partial charge in [0.2, 0.25) is 0 Å². The van der Waals surface area contributed by atoms with Crippen LogP contribution in [0.5, 0.6) is 11.5 Å². The molecule has 0 radical (unpaired) electrons. The molecular formula is C18H22N2O3S. The van der Waals surface area contributed by atoms with Crippen LogP contribution in [0.4, 0.5) is 10.5 Å². The van der Waals surface area contributed by atoms with Crippen molar-refractivity contribution in [3.63, 3.8) is 0 Å². The summed E-state index contributed by atoms with van der Waals surface area (Å²) in [4.78, 5) is 15.0. The molecule has 0 aliphatic carbocycles. The van der Waals surface area contributed by atoms with E-state index in [4.69, 9.17) is 9.47 Å². The third kappa shape index (κ3) is 4.58. The van der Waals surface area contributed by atoms with Crippen LogP contribution in [0.2, 0.25) is 0 Å². The number of carbonyl (C=O) groups excluding carboxylic acids is 1. The van der Waals surface area contributed by atoms with Crippen molar-refractivity contribution >= 4 is 23.5 Å². The van der Waals surface area contributed by atoms with Crippen molar-refractivity contribution in [1.82, 2.24) is 4.90 Å². The predicted octanol–water partition coefficient (Wildman–Crippen LogP) is 4.09. The van der Waals surface area contributed by atoms with E-state index in [-0.39, 0.29) is 6.03 Å². The largest absolute Gasteiger partial charge is 0.497 e. The van der Waals surface area contributed by atoms with Crippen molar-refractivity contribution in [3.05, 3.63) is 48.0 Å². The standard InChI is InChI=1S/C18H22N2O3S/c1-20(12-13-8-9-17(24-4)16(10-13)23-3)18(21)19-14-6-5-7-15(11-14)22-2/h5-11H,12H2,1-4H3,(H,19,21). The minimum absolute atomic E-state index is 0.184. The molecule has 2 rings (SSSR count). The monoisotopic (exact) mass is 346 g/mol. The number of nitrogens with one attached hydrogen (secondary N) is 1. The topological polar surface area (TPSA) is 50.8 Å². The minimum Gasteiger partial charge on any atom is -0.497 e. The summed E-state index contributed by atoms with van der Waals surface area (Å²) >= 11 is 1.63. The van der Waals surface area contributed by atoms with Gasteiger partial charge in [0.05, 0.1) is 14.2 Å². The SMILES string of the molecule is COc1cccc(NC(=O)N(C)Cc2ccc(SC)c(OC)c2)c1. The Bertz CT molecular complexity index is 706. The molecule has 0 saturated heterocycles. The molecule has 0 bridgehead atoms. The number of hydrogen-bond donors (Lipinski definition) is 1. The highest BCUT2D eigenvalue weighted by molar-refractivity contribution is 7.98. The number of amides is 2. The number of anilines is 1. The lowest BCUT2D eigenvalue weighted by Gasteiger charge is -2.19. The van der Waals surface area contributed by atoms with E-state index in [0.717, 1.165) is 16.2 Å². The van der Waals surface area contributed by atoms with Gasteiger partial charge in [0.1, 0.15) is 11.5 Å². The highest BCUT2D eigenvalue weighted by atomic mass is 32.2. The molecule has 0 fully saturated rings. The predicted molar refractivity (Wildman–Crippen MR) is 98.3 cm³/mol. The van der Waals surface area contributed by atoms with Crippen LogP contribution in [-0.2, 0) is 6.54 Å². The van der Waals surface area contributed by atoms with E-state index in [9.17, 15) is 4.79 Å². The average molecular weight is 346 g/mol. The average Bonchev–Trinajstić information content (AvgIpc) is 2.61. The first-order chi connectivity index (χ1) is 11.6. The number of urea groups is 1. The Morgan fingerprint density at radius 1 is 1.17 bits per heavy atom. The first kappa shape index (κ1) is 18.0. The lowest BCUT2D eigenvalue weighted by atomic mass is 10.2. The number of hydrogen-bond acceptors (Lipinski definition) is 4. The fourth-order valence-electron chi connectivity index (χ4n) is 2.24. The van der Waals surface area contributed by atoms with Crippen LogP contribution in [0, 0.1) is 0 Å². The minimum atomic E-state index is -0.184. The molecule has 0 aliphatic rings. The fraction of sp³-hybridized carbons (Fsp3) is 0.278. The van der Waals surface area contributed by atoms with Gasteiger partial charge >= 0.3 is 6.03 Å². The maximum absolute atomic E-state index is 12.3. The molecule has 2 aromatic rings. The summed E-state index contributed by atoms with van der Waals surface area (Å²) in [5.74, 6) is 1.52. The fourth-order valence-corrected chi connectivity index (χ4v) is 2.79. The summed E-state index contributed by atoms with van der Waals surface area (Å²) in [6, 6.07) is 13.1. The second-order valence-electron chi connectivity index (χ2n) is 5.21. The van der Waals surface area contributed by atoms with Gasteiger partial charge in [0, 0.05) is 30.2 Å². The van der Waals surface area contributed by atoms with Crippen molar-refractivity contribution < 1.29 is 14.3 Å². The number of ether oxygens (including phenoxy) is 2. The van der Waals surface area contributed by atoms with E-state index in [1.807, 2.05) is 42.7 Å². The van der Waals surface area contributed by atoms with E-state index in [0.29, 0.717) is 18.0 Å². The number of benzene rings is 2. The van der Waals surface area contributed by atoms with Crippen LogP contribution < -0.4 is 14.8 Å². The maximum Gasteiger partial charge on any atom is 0.321 e. The smallest absolute Gasteiger partial charge is 0.321 e. The molecule has 0 aromatic heterocycles. The number of methoxy groups -OCH3 is 2. The van der Waals surface area contributed by atoms with Gasteiger partial charge in [0.25, 0.3) is 0 Å². The van der Waals surface area contributed by atoms with Gasteiger partial charge in [-0.05, 0) is 36.1 Å². The third-order valence-electron chi connectivity index (χ3n) is 3.54. The molecule has 0 aliphatic heterocycles. The van der Waals surface area contributed by atoms with E-state index in [1.165, 1.54) is 0 Å². The van der Waals surface area contributed by atoms with Gasteiger partial charge in [-0.2, -0.15) is 0 Å². The highest BCUT2D eigenvalue weighted by Crippen LogP contribution is 2.28. The molecule has 2 aromatic carbocycles. The van der Waals surface area contributed by atoms with Crippen molar-refractivity contribution in [3.8, 4) is 11.5 Å². The molecule has 2 amide bonds. The molecule has 0 saturated carbocycles. The van der Waals surface area contributed by atoms with Crippen molar-refractivity contribution in [2.45, 2.75) is 11.4 Å². The van der Waals surface area contributed by atoms with Crippen LogP contribution in [0.25, 0.3) is 0 Å². The van der Waals surface area contributed by atoms with Gasteiger partial charge in [-0.25, -0.2) is 4.79 Å². The molecule has 24 heavy (non-hydrogen) atoms. The molecule has 0 spiro atoms. The molecular weight excluding hydrogens is 324 g/mol. The Kier molecular flexibility index (Phi) is 6.37. The van der Waals surface area contributed by atoms with E-state index >= 15 is 0 Å². The van der Waals surface area contributed by atoms with Gasteiger partial charge in [-0.15, -0.1) is 11.8 Å². The van der Waals surface area contributed by atoms with E-state index in [2.05, 4.69) is 5.32 Å². The highest BCUT2D eigenvalue weighted by Gasteiger charge is 2.11. The number of rotatable bonds is 6. The van der Waals surface area contributed by atoms with Crippen LogP contribution in [-0.4, -0.2) is 38.5 Å². The lowest BCUT2D eigenvalue weighted by Crippen LogP contribution is -2.30. The summed E-state index contributed by atoms with van der Waals surface area (Å²) in [6.45, 7) is 0.487. The number of carbonyl (C=O) groups is 1. The number of nitrogens with zero attached hydrogens (tertiary/aromatic N) is 1. The first-order valence-corrected chi connectivity index (χ1v) is 8.67. The number of thioether (sulfide) groups is 1. The summed E-state index contributed by atoms with van der Waals surface area (Å²) in [6.07, 6.45) is 2.01. The molecule has 6 heteroatoms. The Hall–Kier alpha value is -2.34. The molecule has 0 atom stereocenters. The van der Waals surface area contributed by atoms with Crippen molar-refractivity contribution in [2.75, 3.05) is 32.8 Å². The Balaban J connectivity index is 2.03. The van der Waals surface area contributed by atoms with Crippen molar-refractivity contribution in [2.24, 2.45) is 0 Å². The molecule has 5 nitrogen and oxygen atoms in total. The molecule has 0 unspecified atom stereocenters. The van der Waals surface area contributed by atoms with E-state index < -0.39 is 0 Å². The Morgan fingerprint density at radius 3 is 2.62 bits per heavy atom. The summed E-state index contributed by atoms with van der Waals surface area (Å²) < 4.78 is 10.5. The summed E-state index contributed by atoms with van der Waals surface area (Å²) in [5.41, 5.74) is 1.70. The normalized spacial score (nSPS) is 10.2. The van der Waals surface area contributed by atoms with Gasteiger partial charge in [0.15, 0.2) is 0 Å². The Labute approximate surface area is 146 Å². The lowest BCUT2D eigenvalue weighted by molar-refractivity contribution is 0.220. The molecule has 0 heterocycles. The maximum atomic E-state index is 12.3. The zero-order chi connectivity index (χ0) is 17.5.